The Labute approximate surface area is 222 Å². The average Bonchev–Trinajstić information content (AvgIpc) is 3.28. The van der Waals surface area contributed by atoms with Gasteiger partial charge in [-0.3, -0.25) is 0 Å². The Balaban J connectivity index is 1.34. The quantitative estimate of drug-likeness (QED) is 0.550. The molecule has 2 aromatic heterocycles. The highest BCUT2D eigenvalue weighted by Crippen LogP contribution is 2.43. The van der Waals surface area contributed by atoms with Gasteiger partial charge in [-0.1, -0.05) is 6.58 Å². The number of nitrogens with one attached hydrogen (secondary N) is 1. The molecule has 3 aliphatic rings. The summed E-state index contributed by atoms with van der Waals surface area (Å²) in [5, 5.41) is 18.5. The number of ether oxygens (including phenoxy) is 1. The molecule has 37 heavy (non-hydrogen) atoms. The van der Waals surface area contributed by atoms with Crippen molar-refractivity contribution < 1.29 is 9.84 Å². The normalized spacial score (nSPS) is 28.4. The minimum absolute atomic E-state index is 0.134. The van der Waals surface area contributed by atoms with Crippen LogP contribution in [0.4, 0.5) is 5.95 Å². The fraction of sp³-hybridized carbons (Fsp3) is 0.724. The molecule has 204 valence electrons. The van der Waals surface area contributed by atoms with Crippen molar-refractivity contribution in [2.75, 3.05) is 52.3 Å². The third-order valence-corrected chi connectivity index (χ3v) is 9.03. The van der Waals surface area contributed by atoms with Crippen LogP contribution in [0.25, 0.3) is 5.52 Å². The van der Waals surface area contributed by atoms with Crippen molar-refractivity contribution in [3.8, 4) is 0 Å². The number of aliphatic hydroxyl groups excluding tert-OH is 1. The second kappa shape index (κ2) is 11.7. The average molecular weight is 511 g/mol. The molecular weight excluding hydrogens is 464 g/mol. The van der Waals surface area contributed by atoms with Gasteiger partial charge in [0.25, 0.3) is 0 Å². The van der Waals surface area contributed by atoms with Crippen LogP contribution < -0.4 is 5.32 Å². The van der Waals surface area contributed by atoms with Gasteiger partial charge >= 0.3 is 0 Å². The summed E-state index contributed by atoms with van der Waals surface area (Å²) in [4.78, 5) is 9.64. The van der Waals surface area contributed by atoms with Crippen molar-refractivity contribution in [2.45, 2.75) is 82.3 Å². The lowest BCUT2D eigenvalue weighted by Gasteiger charge is -2.40. The minimum atomic E-state index is -0.160. The summed E-state index contributed by atoms with van der Waals surface area (Å²) in [5.74, 6) is 2.20. The van der Waals surface area contributed by atoms with Crippen molar-refractivity contribution in [1.29, 1.82) is 0 Å². The summed E-state index contributed by atoms with van der Waals surface area (Å²) in [7, 11) is 3.92. The van der Waals surface area contributed by atoms with E-state index < -0.39 is 0 Å². The number of methoxy groups -OCH3 is 1. The van der Waals surface area contributed by atoms with Crippen LogP contribution in [0.5, 0.6) is 0 Å². The summed E-state index contributed by atoms with van der Waals surface area (Å²) in [5.41, 5.74) is 5.19. The van der Waals surface area contributed by atoms with Crippen LogP contribution in [0.3, 0.4) is 0 Å². The van der Waals surface area contributed by atoms with Gasteiger partial charge < -0.3 is 25.0 Å². The van der Waals surface area contributed by atoms with Crippen molar-refractivity contribution in [3.63, 3.8) is 0 Å². The molecule has 3 heterocycles. The molecule has 2 aromatic rings. The Morgan fingerprint density at radius 2 is 1.76 bits per heavy atom. The largest absolute Gasteiger partial charge is 0.393 e. The smallest absolute Gasteiger partial charge is 0.241 e. The topological polar surface area (TPSA) is 78.2 Å². The molecule has 0 radical (unpaired) electrons. The number of allylic oxidation sites excluding steroid dienone is 1. The number of anilines is 1. The van der Waals surface area contributed by atoms with E-state index in [9.17, 15) is 5.11 Å². The lowest BCUT2D eigenvalue weighted by atomic mass is 9.77. The van der Waals surface area contributed by atoms with Gasteiger partial charge in [0.1, 0.15) is 0 Å². The highest BCUT2D eigenvalue weighted by Gasteiger charge is 2.31. The van der Waals surface area contributed by atoms with E-state index in [1.807, 2.05) is 6.20 Å². The van der Waals surface area contributed by atoms with E-state index in [1.54, 1.807) is 7.11 Å². The second-order valence-electron chi connectivity index (χ2n) is 11.7. The number of nitrogens with zero attached hydrogens (tertiary/aromatic N) is 5. The summed E-state index contributed by atoms with van der Waals surface area (Å²) < 4.78 is 7.44. The Morgan fingerprint density at radius 3 is 2.43 bits per heavy atom. The number of aliphatic hydroxyl groups is 1. The van der Waals surface area contributed by atoms with Gasteiger partial charge in [0.2, 0.25) is 5.95 Å². The first kappa shape index (κ1) is 26.4. The number of piperazine rings is 1. The van der Waals surface area contributed by atoms with Crippen LogP contribution >= 0.6 is 0 Å². The molecular formula is C29H46N6O2. The maximum absolute atomic E-state index is 10.1. The predicted molar refractivity (Wildman–Crippen MR) is 148 cm³/mol. The minimum Gasteiger partial charge on any atom is -0.393 e. The standard InChI is InChI=1S/C29H46N6O2/c1-20(19-37-4)31-29-30-18-28-26(17-27(35(28)32-29)24-9-11-25(36)12-10-24)23-7-5-22(6-8-23)21(2)34-15-13-33(3)14-16-34/h17-18,20,22-25,36H,2,5-16,19H2,1,3-4H3,(H,31,32)/t20-,22?,23?,24?,25?/m0/s1. The van der Waals surface area contributed by atoms with Crippen LogP contribution in [0, 0.1) is 5.92 Å². The second-order valence-corrected chi connectivity index (χ2v) is 11.7. The molecule has 1 aliphatic heterocycles. The Morgan fingerprint density at radius 1 is 1.08 bits per heavy atom. The molecule has 1 atom stereocenters. The fourth-order valence-corrected chi connectivity index (χ4v) is 6.70. The molecule has 2 saturated carbocycles. The molecule has 0 unspecified atom stereocenters. The van der Waals surface area contributed by atoms with Crippen molar-refractivity contribution in [3.05, 3.63) is 35.8 Å². The molecule has 5 rings (SSSR count). The lowest BCUT2D eigenvalue weighted by molar-refractivity contribution is 0.121. The van der Waals surface area contributed by atoms with E-state index in [2.05, 4.69) is 46.2 Å². The van der Waals surface area contributed by atoms with E-state index in [-0.39, 0.29) is 12.1 Å². The molecule has 2 N–H and O–H groups in total. The third-order valence-electron chi connectivity index (χ3n) is 9.03. The summed E-state index contributed by atoms with van der Waals surface area (Å²) in [6.07, 6.45) is 10.4. The third kappa shape index (κ3) is 5.96. The van der Waals surface area contributed by atoms with Crippen molar-refractivity contribution in [1.82, 2.24) is 24.4 Å². The van der Waals surface area contributed by atoms with Gasteiger partial charge in [-0.05, 0) is 88.8 Å². The summed E-state index contributed by atoms with van der Waals surface area (Å²) in [6, 6.07) is 2.56. The monoisotopic (exact) mass is 510 g/mol. The van der Waals surface area contributed by atoms with Crippen LogP contribution in [-0.2, 0) is 4.74 Å². The molecule has 0 aromatic carbocycles. The SMILES string of the molecule is C=C(C1CCC(c2cc(C3CCC(O)CC3)n3nc(N[C@@H](C)COC)ncc23)CC1)N1CCN(C)CC1. The first-order valence-electron chi connectivity index (χ1n) is 14.4. The lowest BCUT2D eigenvalue weighted by Crippen LogP contribution is -2.45. The fourth-order valence-electron chi connectivity index (χ4n) is 6.70. The first-order valence-corrected chi connectivity index (χ1v) is 14.4. The first-order chi connectivity index (χ1) is 17.9. The van der Waals surface area contributed by atoms with Crippen molar-refractivity contribution in [2.24, 2.45) is 5.92 Å². The number of rotatable bonds is 8. The number of aromatic nitrogens is 3. The molecule has 0 spiro atoms. The van der Waals surface area contributed by atoms with E-state index in [0.29, 0.717) is 30.3 Å². The van der Waals surface area contributed by atoms with Crippen LogP contribution in [0.1, 0.15) is 81.4 Å². The van der Waals surface area contributed by atoms with Gasteiger partial charge in [-0.2, -0.15) is 0 Å². The predicted octanol–water partition coefficient (Wildman–Crippen LogP) is 4.23. The zero-order valence-corrected chi connectivity index (χ0v) is 23.0. The van der Waals surface area contributed by atoms with Gasteiger partial charge in [-0.25, -0.2) is 9.50 Å². The van der Waals surface area contributed by atoms with Gasteiger partial charge in [0, 0.05) is 56.6 Å². The van der Waals surface area contributed by atoms with Crippen LogP contribution in [0.15, 0.2) is 24.5 Å². The maximum Gasteiger partial charge on any atom is 0.241 e. The molecule has 8 nitrogen and oxygen atoms in total. The van der Waals surface area contributed by atoms with Crippen LogP contribution in [-0.4, -0.2) is 88.6 Å². The van der Waals surface area contributed by atoms with Gasteiger partial charge in [-0.15, -0.1) is 5.10 Å². The zero-order valence-electron chi connectivity index (χ0n) is 23.0. The van der Waals surface area contributed by atoms with Gasteiger partial charge in [0.05, 0.1) is 24.4 Å². The Bertz CT molecular complexity index is 1050. The molecule has 1 saturated heterocycles. The van der Waals surface area contributed by atoms with Crippen LogP contribution in [0.2, 0.25) is 0 Å². The summed E-state index contributed by atoms with van der Waals surface area (Å²) >= 11 is 0. The molecule has 0 amide bonds. The van der Waals surface area contributed by atoms with E-state index in [0.717, 1.165) is 57.4 Å². The number of hydrogen-bond donors (Lipinski definition) is 2. The van der Waals surface area contributed by atoms with E-state index in [1.165, 1.54) is 42.6 Å². The Hall–Kier alpha value is -2.16. The van der Waals surface area contributed by atoms with E-state index in [4.69, 9.17) is 14.8 Å². The molecule has 0 bridgehead atoms. The number of likely N-dealkylation sites (N-methyl/N-ethyl adjacent to an activating group) is 1. The molecule has 2 aliphatic carbocycles. The highest BCUT2D eigenvalue weighted by molar-refractivity contribution is 5.58. The molecule has 3 fully saturated rings. The van der Waals surface area contributed by atoms with Gasteiger partial charge in [0.15, 0.2) is 0 Å². The maximum atomic E-state index is 10.1. The zero-order chi connectivity index (χ0) is 25.9. The van der Waals surface area contributed by atoms with E-state index >= 15 is 0 Å². The number of hydrogen-bond acceptors (Lipinski definition) is 7. The summed E-state index contributed by atoms with van der Waals surface area (Å²) in [6.45, 7) is 11.7. The van der Waals surface area contributed by atoms with Crippen molar-refractivity contribution >= 4 is 11.5 Å². The Kier molecular flexibility index (Phi) is 8.37. The molecule has 8 heteroatoms. The highest BCUT2D eigenvalue weighted by atomic mass is 16.5. The number of fused-ring (bicyclic) bond motifs is 1.